The minimum atomic E-state index is -0.452. The highest BCUT2D eigenvalue weighted by atomic mass is 32.1. The molecule has 0 atom stereocenters. The van der Waals surface area contributed by atoms with Crippen LogP contribution in [-0.2, 0) is 0 Å². The van der Waals surface area contributed by atoms with E-state index in [0.29, 0.717) is 37.6 Å². The molecule has 0 aliphatic carbocycles. The summed E-state index contributed by atoms with van der Waals surface area (Å²) < 4.78 is 1.54. The summed E-state index contributed by atoms with van der Waals surface area (Å²) in [7, 11) is 0. The van der Waals surface area contributed by atoms with Crippen molar-refractivity contribution in [2.45, 2.75) is 0 Å². The topological polar surface area (TPSA) is 110 Å². The number of nitrogens with zero attached hydrogens (tertiary/aromatic N) is 7. The zero-order valence-corrected chi connectivity index (χ0v) is 17.1. The molecule has 156 valence electrons. The molecule has 0 N–H and O–H groups in total. The van der Waals surface area contributed by atoms with Gasteiger partial charge < -0.3 is 9.80 Å². The Balaban J connectivity index is 1.25. The van der Waals surface area contributed by atoms with Crippen LogP contribution in [0, 0.1) is 10.1 Å². The van der Waals surface area contributed by atoms with Gasteiger partial charge in [0.05, 0.1) is 10.6 Å². The Morgan fingerprint density at radius 2 is 1.84 bits per heavy atom. The molecule has 1 aliphatic rings. The fraction of sp³-hybridized carbons (Fsp3) is 0.200. The third-order valence-electron chi connectivity index (χ3n) is 5.13. The molecule has 0 saturated carbocycles. The quantitative estimate of drug-likeness (QED) is 0.358. The number of fused-ring (bicyclic) bond motifs is 1. The van der Waals surface area contributed by atoms with E-state index >= 15 is 0 Å². The fourth-order valence-electron chi connectivity index (χ4n) is 3.47. The summed E-state index contributed by atoms with van der Waals surface area (Å²) in [5, 5.41) is 16.1. The minimum Gasteiger partial charge on any atom is -0.344 e. The Bertz CT molecular complexity index is 1230. The zero-order valence-electron chi connectivity index (χ0n) is 16.3. The number of thiazole rings is 1. The number of benzene rings is 1. The lowest BCUT2D eigenvalue weighted by atomic mass is 10.3. The fourth-order valence-corrected chi connectivity index (χ4v) is 4.43. The van der Waals surface area contributed by atoms with Gasteiger partial charge in [0, 0.05) is 50.7 Å². The molecule has 4 aromatic rings. The molecule has 1 aliphatic heterocycles. The van der Waals surface area contributed by atoms with Crippen molar-refractivity contribution in [2.24, 2.45) is 0 Å². The van der Waals surface area contributed by atoms with Crippen LogP contribution >= 0.6 is 11.3 Å². The van der Waals surface area contributed by atoms with Crippen LogP contribution in [0.2, 0.25) is 0 Å². The summed E-state index contributed by atoms with van der Waals surface area (Å²) in [6.45, 7) is 2.53. The first-order valence-electron chi connectivity index (χ1n) is 9.65. The number of nitro benzene ring substituents is 1. The Morgan fingerprint density at radius 1 is 1.06 bits per heavy atom. The molecule has 0 spiro atoms. The minimum absolute atomic E-state index is 0.00832. The first-order chi connectivity index (χ1) is 15.1. The van der Waals surface area contributed by atoms with Crippen LogP contribution in [0.1, 0.15) is 10.5 Å². The summed E-state index contributed by atoms with van der Waals surface area (Å²) in [6.07, 6.45) is 3.44. The van der Waals surface area contributed by atoms with Crippen molar-refractivity contribution < 1.29 is 9.72 Å². The Hall–Kier alpha value is -3.86. The van der Waals surface area contributed by atoms with Crippen molar-refractivity contribution >= 4 is 38.4 Å². The summed E-state index contributed by atoms with van der Waals surface area (Å²) in [5.74, 6) is -0.133. The number of anilines is 1. The molecule has 1 saturated heterocycles. The maximum atomic E-state index is 12.9. The van der Waals surface area contributed by atoms with Gasteiger partial charge in [0.15, 0.2) is 10.8 Å². The molecule has 1 aromatic carbocycles. The van der Waals surface area contributed by atoms with Crippen molar-refractivity contribution in [3.05, 3.63) is 70.7 Å². The lowest BCUT2D eigenvalue weighted by Crippen LogP contribution is -2.48. The van der Waals surface area contributed by atoms with Gasteiger partial charge in [-0.15, -0.1) is 0 Å². The maximum Gasteiger partial charge on any atom is 0.274 e. The van der Waals surface area contributed by atoms with E-state index in [-0.39, 0.29) is 11.6 Å². The summed E-state index contributed by atoms with van der Waals surface area (Å²) in [4.78, 5) is 37.1. The van der Waals surface area contributed by atoms with Crippen molar-refractivity contribution in [3.63, 3.8) is 0 Å². The van der Waals surface area contributed by atoms with E-state index in [1.807, 2.05) is 12.1 Å². The molecule has 10 nitrogen and oxygen atoms in total. The molecule has 1 fully saturated rings. The Kier molecular flexibility index (Phi) is 4.79. The van der Waals surface area contributed by atoms with Gasteiger partial charge in [-0.1, -0.05) is 11.3 Å². The smallest absolute Gasteiger partial charge is 0.274 e. The molecule has 4 heterocycles. The van der Waals surface area contributed by atoms with Crippen molar-refractivity contribution in [1.82, 2.24) is 24.6 Å². The van der Waals surface area contributed by atoms with Crippen LogP contribution in [0.25, 0.3) is 16.0 Å². The van der Waals surface area contributed by atoms with Crippen LogP contribution in [0.4, 0.5) is 10.8 Å². The Morgan fingerprint density at radius 3 is 2.55 bits per heavy atom. The number of rotatable bonds is 4. The number of amides is 1. The average molecular weight is 435 g/mol. The highest BCUT2D eigenvalue weighted by Crippen LogP contribution is 2.27. The van der Waals surface area contributed by atoms with Gasteiger partial charge in [0.1, 0.15) is 10.3 Å². The number of carbonyl (C=O) groups excluding carboxylic acids is 1. The van der Waals surface area contributed by atoms with E-state index in [0.717, 1.165) is 15.5 Å². The standard InChI is InChI=1S/C20H17N7O3S/c28-19(17-7-9-26(23-17)14-3-5-15(6-4-14)27(29)30)24-10-12-25(13-11-24)20-22-16-2-1-8-21-18(16)31-20/h1-9H,10-13H2. The second kappa shape index (κ2) is 7.76. The van der Waals surface area contributed by atoms with Crippen molar-refractivity contribution in [3.8, 4) is 5.69 Å². The van der Waals surface area contributed by atoms with Gasteiger partial charge in [0.25, 0.3) is 11.6 Å². The van der Waals surface area contributed by atoms with E-state index in [9.17, 15) is 14.9 Å². The van der Waals surface area contributed by atoms with Gasteiger partial charge in [-0.2, -0.15) is 5.10 Å². The molecule has 31 heavy (non-hydrogen) atoms. The van der Waals surface area contributed by atoms with Crippen LogP contribution < -0.4 is 4.90 Å². The van der Waals surface area contributed by atoms with Crippen molar-refractivity contribution in [2.75, 3.05) is 31.1 Å². The summed E-state index contributed by atoms with van der Waals surface area (Å²) in [5.41, 5.74) is 1.89. The van der Waals surface area contributed by atoms with Gasteiger partial charge in [0.2, 0.25) is 0 Å². The third kappa shape index (κ3) is 3.70. The monoisotopic (exact) mass is 435 g/mol. The van der Waals surface area contributed by atoms with Gasteiger partial charge in [-0.05, 0) is 30.3 Å². The van der Waals surface area contributed by atoms with Crippen molar-refractivity contribution in [1.29, 1.82) is 0 Å². The number of aromatic nitrogens is 4. The van der Waals surface area contributed by atoms with E-state index in [1.54, 1.807) is 51.5 Å². The summed E-state index contributed by atoms with van der Waals surface area (Å²) in [6, 6.07) is 11.5. The van der Waals surface area contributed by atoms with Gasteiger partial charge >= 0.3 is 0 Å². The lowest BCUT2D eigenvalue weighted by Gasteiger charge is -2.34. The maximum absolute atomic E-state index is 12.9. The molecular weight excluding hydrogens is 418 g/mol. The highest BCUT2D eigenvalue weighted by Gasteiger charge is 2.25. The first-order valence-corrected chi connectivity index (χ1v) is 10.5. The number of nitro groups is 1. The predicted molar refractivity (Wildman–Crippen MR) is 116 cm³/mol. The van der Waals surface area contributed by atoms with Crippen LogP contribution in [-0.4, -0.2) is 61.7 Å². The van der Waals surface area contributed by atoms with E-state index < -0.39 is 4.92 Å². The third-order valence-corrected chi connectivity index (χ3v) is 6.17. The van der Waals surface area contributed by atoms with E-state index in [1.165, 1.54) is 12.1 Å². The number of hydrogen-bond acceptors (Lipinski definition) is 8. The lowest BCUT2D eigenvalue weighted by molar-refractivity contribution is -0.384. The molecule has 0 radical (unpaired) electrons. The van der Waals surface area contributed by atoms with Gasteiger partial charge in [-0.25, -0.2) is 14.6 Å². The largest absolute Gasteiger partial charge is 0.344 e. The Labute approximate surface area is 180 Å². The molecule has 3 aromatic heterocycles. The number of piperazine rings is 1. The number of hydrogen-bond donors (Lipinski definition) is 0. The normalized spacial score (nSPS) is 14.2. The second-order valence-corrected chi connectivity index (χ2v) is 7.98. The molecule has 11 heteroatoms. The van der Waals surface area contributed by atoms with Gasteiger partial charge in [-0.3, -0.25) is 14.9 Å². The van der Waals surface area contributed by atoms with Crippen LogP contribution in [0.15, 0.2) is 54.9 Å². The molecule has 5 rings (SSSR count). The molecule has 0 bridgehead atoms. The SMILES string of the molecule is O=C(c1ccn(-c2ccc([N+](=O)[O-])cc2)n1)N1CCN(c2nc3cccnc3s2)CC1. The van der Waals surface area contributed by atoms with Crippen LogP contribution in [0.3, 0.4) is 0 Å². The number of carbonyl (C=O) groups is 1. The first kappa shape index (κ1) is 19.1. The van der Waals surface area contributed by atoms with Crippen LogP contribution in [0.5, 0.6) is 0 Å². The molecular formula is C20H17N7O3S. The highest BCUT2D eigenvalue weighted by molar-refractivity contribution is 7.21. The second-order valence-electron chi connectivity index (χ2n) is 7.02. The number of pyridine rings is 1. The molecule has 0 unspecified atom stereocenters. The average Bonchev–Trinajstić information content (AvgIpc) is 3.46. The summed E-state index contributed by atoms with van der Waals surface area (Å²) >= 11 is 1.56. The number of non-ortho nitro benzene ring substituents is 1. The van der Waals surface area contributed by atoms with E-state index in [4.69, 9.17) is 0 Å². The zero-order chi connectivity index (χ0) is 21.4. The predicted octanol–water partition coefficient (Wildman–Crippen LogP) is 2.75. The molecule has 1 amide bonds. The van der Waals surface area contributed by atoms with E-state index in [2.05, 4.69) is 20.0 Å².